The largest absolute Gasteiger partial charge is 0.480 e. The minimum atomic E-state index is -1.55. The lowest BCUT2D eigenvalue weighted by Crippen LogP contribution is -2.68. The van der Waals surface area contributed by atoms with Crippen molar-refractivity contribution in [2.75, 3.05) is 36.6 Å². The number of hydrogen-bond acceptors (Lipinski definition) is 23. The number of aliphatic hydroxyl groups is 5. The van der Waals surface area contributed by atoms with Crippen molar-refractivity contribution in [3.8, 4) is 0 Å². The molecule has 0 spiro atoms. The number of aliphatic hydroxyl groups excluding tert-OH is 5. The summed E-state index contributed by atoms with van der Waals surface area (Å²) in [6.07, 6.45) is -12.1. The molecule has 2 aliphatic heterocycles. The van der Waals surface area contributed by atoms with Crippen molar-refractivity contribution in [2.24, 2.45) is 22.9 Å². The van der Waals surface area contributed by atoms with E-state index in [1.54, 1.807) is 19.2 Å². The van der Waals surface area contributed by atoms with Gasteiger partial charge in [-0.2, -0.15) is 9.97 Å². The van der Waals surface area contributed by atoms with Gasteiger partial charge in [-0.3, -0.25) is 9.59 Å². The Kier molecular flexibility index (Phi) is 15.8. The first kappa shape index (κ1) is 48.4. The standard InChI is InChI=1S/C38H57N13O13/c1-51(12-15-10-46-33-26(47-15)32(43)49-38(44)50-33)16-4-2-14(3-5-16)34(58)48-20(35(59)60)6-7-24(54)45-11-22-21(53)9-19(41)36(61-22)63-30-17(39)8-18(40)31(29(30)57)64-37-28(56)25(42)27(55)23(13-52)62-37/h2-5,10,17-23,25,27-31,36-37,52-53,55-57H,6-9,11-13,39-42H2,1H3,(H,45,54)(H,48,58)(H,59,60)(H4,43,44,46,49,50)/t17-,18+,19+,20-,21-,22+,23-,25+,27+,28+,29-,30-,31+,36-,37+/m1/s1. The van der Waals surface area contributed by atoms with Gasteiger partial charge in [-0.15, -0.1) is 0 Å². The summed E-state index contributed by atoms with van der Waals surface area (Å²) in [5.74, 6) is -2.57. The van der Waals surface area contributed by atoms with E-state index >= 15 is 0 Å². The van der Waals surface area contributed by atoms with E-state index in [-0.39, 0.29) is 55.2 Å². The second-order valence-electron chi connectivity index (χ2n) is 16.2. The van der Waals surface area contributed by atoms with Crippen LogP contribution in [0.15, 0.2) is 30.5 Å². The summed E-state index contributed by atoms with van der Waals surface area (Å²) in [5, 5.41) is 67.4. The number of ether oxygens (including phenoxy) is 4. The second-order valence-corrected chi connectivity index (χ2v) is 16.2. The average Bonchev–Trinajstić information content (AvgIpc) is 3.25. The highest BCUT2D eigenvalue weighted by Crippen LogP contribution is 2.31. The van der Waals surface area contributed by atoms with E-state index in [1.807, 2.05) is 4.90 Å². The molecular weight excluding hydrogens is 846 g/mol. The van der Waals surface area contributed by atoms with Crippen molar-refractivity contribution < 1.29 is 64.0 Å². The molecule has 6 rings (SSSR count). The van der Waals surface area contributed by atoms with E-state index in [0.717, 1.165) is 0 Å². The maximum atomic E-state index is 13.1. The molecule has 2 aromatic heterocycles. The van der Waals surface area contributed by atoms with Crippen molar-refractivity contribution in [1.29, 1.82) is 0 Å². The number of aromatic nitrogens is 4. The van der Waals surface area contributed by atoms with Crippen LogP contribution in [0.1, 0.15) is 41.7 Å². The minimum Gasteiger partial charge on any atom is -0.480 e. The van der Waals surface area contributed by atoms with Gasteiger partial charge in [0.25, 0.3) is 5.91 Å². The number of nitrogen functional groups attached to an aromatic ring is 2. The van der Waals surface area contributed by atoms with E-state index in [4.69, 9.17) is 53.3 Å². The number of carbonyl (C=O) groups excluding carboxylic acids is 2. The molecule has 4 heterocycles. The number of carboxylic acids is 1. The maximum Gasteiger partial charge on any atom is 0.326 e. The summed E-state index contributed by atoms with van der Waals surface area (Å²) in [4.78, 5) is 56.6. The van der Waals surface area contributed by atoms with Crippen LogP contribution in [-0.4, -0.2) is 180 Å². The number of aliphatic carboxylic acids is 1. The molecule has 2 amide bonds. The number of nitrogens with one attached hydrogen (secondary N) is 2. The molecule has 26 heteroatoms. The Morgan fingerprint density at radius 2 is 1.53 bits per heavy atom. The SMILES string of the molecule is CN(Cc1cnc2nc(N)nc(N)c2n1)c1ccc(C(=O)N[C@H](CCC(=O)NC[C@@H]2O[C@H](O[C@H]3[C@@H](O)[C@@H](O[C@@H]4O[C@H](CO)[C@H](O)[C@H](N)[C@@H]4O)[C@@H](N)C[C@H]3N)[C@@H](N)C[C@H]2O)C(=O)O)cc1. The summed E-state index contributed by atoms with van der Waals surface area (Å²) in [6, 6.07) is 1.05. The van der Waals surface area contributed by atoms with Crippen LogP contribution in [0.5, 0.6) is 0 Å². The normalized spacial score (nSPS) is 32.4. The molecule has 3 aliphatic rings. The Labute approximate surface area is 365 Å². The zero-order valence-electron chi connectivity index (χ0n) is 34.7. The van der Waals surface area contributed by atoms with E-state index in [0.29, 0.717) is 23.4 Å². The maximum absolute atomic E-state index is 13.1. The summed E-state index contributed by atoms with van der Waals surface area (Å²) >= 11 is 0. The number of benzene rings is 1. The van der Waals surface area contributed by atoms with Crippen LogP contribution in [-0.2, 0) is 35.1 Å². The third-order valence-electron chi connectivity index (χ3n) is 11.4. The molecule has 15 atom stereocenters. The number of carboxylic acid groups (broad SMARTS) is 1. The van der Waals surface area contributed by atoms with Gasteiger partial charge in [-0.1, -0.05) is 0 Å². The lowest BCUT2D eigenvalue weighted by atomic mass is 9.84. The van der Waals surface area contributed by atoms with Crippen LogP contribution in [0.4, 0.5) is 17.5 Å². The van der Waals surface area contributed by atoms with Crippen molar-refractivity contribution >= 4 is 46.4 Å². The first-order chi connectivity index (χ1) is 30.3. The van der Waals surface area contributed by atoms with Gasteiger partial charge in [-0.25, -0.2) is 14.8 Å². The number of nitrogens with zero attached hydrogens (tertiary/aromatic N) is 5. The monoisotopic (exact) mass is 903 g/mol. The van der Waals surface area contributed by atoms with Gasteiger partial charge in [0.2, 0.25) is 11.9 Å². The minimum absolute atomic E-state index is 0.0185. The van der Waals surface area contributed by atoms with Crippen LogP contribution in [0.2, 0.25) is 0 Å². The Morgan fingerprint density at radius 3 is 2.19 bits per heavy atom. The van der Waals surface area contributed by atoms with Gasteiger partial charge in [0.1, 0.15) is 48.8 Å². The number of carbonyl (C=O) groups is 3. The highest BCUT2D eigenvalue weighted by Gasteiger charge is 2.50. The molecule has 352 valence electrons. The molecule has 3 aromatic rings. The highest BCUT2D eigenvalue weighted by molar-refractivity contribution is 5.97. The third kappa shape index (κ3) is 11.2. The lowest BCUT2D eigenvalue weighted by Gasteiger charge is -2.47. The summed E-state index contributed by atoms with van der Waals surface area (Å²) < 4.78 is 23.3. The molecule has 1 saturated carbocycles. The van der Waals surface area contributed by atoms with Crippen LogP contribution in [0.3, 0.4) is 0 Å². The van der Waals surface area contributed by atoms with E-state index in [9.17, 15) is 45.0 Å². The van der Waals surface area contributed by atoms with Gasteiger partial charge in [0.15, 0.2) is 29.6 Å². The number of fused-ring (bicyclic) bond motifs is 1. The van der Waals surface area contributed by atoms with Gasteiger partial charge < -0.3 is 99.5 Å². The molecule has 1 aromatic carbocycles. The van der Waals surface area contributed by atoms with Gasteiger partial charge in [0, 0.05) is 43.3 Å². The van der Waals surface area contributed by atoms with Crippen molar-refractivity contribution in [1.82, 2.24) is 30.6 Å². The van der Waals surface area contributed by atoms with E-state index < -0.39 is 116 Å². The fourth-order valence-corrected chi connectivity index (χ4v) is 7.74. The fourth-order valence-electron chi connectivity index (χ4n) is 7.74. The van der Waals surface area contributed by atoms with Crippen molar-refractivity contribution in [2.45, 2.75) is 124 Å². The Morgan fingerprint density at radius 1 is 0.875 bits per heavy atom. The number of rotatable bonds is 16. The lowest BCUT2D eigenvalue weighted by molar-refractivity contribution is -0.315. The quantitative estimate of drug-likeness (QED) is 0.0636. The number of hydrogen-bond donors (Lipinski definition) is 14. The Bertz CT molecular complexity index is 2090. The van der Waals surface area contributed by atoms with Gasteiger partial charge >= 0.3 is 5.97 Å². The summed E-state index contributed by atoms with van der Waals surface area (Å²) in [7, 11) is 1.79. The molecule has 0 bridgehead atoms. The number of amides is 2. The number of nitrogens with two attached hydrogens (primary N) is 6. The Balaban J connectivity index is 0.976. The average molecular weight is 904 g/mol. The molecule has 1 aliphatic carbocycles. The second kappa shape index (κ2) is 20.8. The van der Waals surface area contributed by atoms with Gasteiger partial charge in [0.05, 0.1) is 43.2 Å². The van der Waals surface area contributed by atoms with Crippen LogP contribution in [0.25, 0.3) is 11.2 Å². The topological polar surface area (TPSA) is 444 Å². The summed E-state index contributed by atoms with van der Waals surface area (Å²) in [5.41, 5.74) is 38.3. The molecular formula is C38H57N13O13. The van der Waals surface area contributed by atoms with Crippen molar-refractivity contribution in [3.05, 3.63) is 41.7 Å². The Hall–Kier alpha value is -5.07. The van der Waals surface area contributed by atoms with Crippen LogP contribution < -0.4 is 49.9 Å². The van der Waals surface area contributed by atoms with Crippen molar-refractivity contribution in [3.63, 3.8) is 0 Å². The molecule has 2 saturated heterocycles. The molecule has 20 N–H and O–H groups in total. The first-order valence-corrected chi connectivity index (χ1v) is 20.5. The predicted octanol–water partition coefficient (Wildman–Crippen LogP) is -5.94. The van der Waals surface area contributed by atoms with Gasteiger partial charge in [-0.05, 0) is 43.5 Å². The van der Waals surface area contributed by atoms with Crippen LogP contribution in [0, 0.1) is 0 Å². The third-order valence-corrected chi connectivity index (χ3v) is 11.4. The number of anilines is 3. The molecule has 64 heavy (non-hydrogen) atoms. The van der Waals surface area contributed by atoms with E-state index in [2.05, 4.69) is 30.6 Å². The zero-order valence-corrected chi connectivity index (χ0v) is 34.7. The van der Waals surface area contributed by atoms with Crippen LogP contribution >= 0.6 is 0 Å². The van der Waals surface area contributed by atoms with E-state index in [1.165, 1.54) is 18.3 Å². The highest BCUT2D eigenvalue weighted by atomic mass is 16.7. The summed E-state index contributed by atoms with van der Waals surface area (Å²) in [6.45, 7) is -0.562. The molecule has 0 unspecified atom stereocenters. The molecule has 3 fully saturated rings. The fraction of sp³-hybridized carbons (Fsp3) is 0.605. The molecule has 0 radical (unpaired) electrons. The smallest absolute Gasteiger partial charge is 0.326 e. The predicted molar refractivity (Wildman–Crippen MR) is 223 cm³/mol. The first-order valence-electron chi connectivity index (χ1n) is 20.5. The molecule has 26 nitrogen and oxygen atoms in total. The zero-order chi connectivity index (χ0) is 46.6.